The molecular weight excluding hydrogens is 336 g/mol. The Morgan fingerprint density at radius 2 is 1.84 bits per heavy atom. The van der Waals surface area contributed by atoms with Gasteiger partial charge in [-0.1, -0.05) is 29.8 Å². The number of rotatable bonds is 5. The number of hydrogen-bond donors (Lipinski definition) is 0. The molecule has 1 aliphatic heterocycles. The zero-order chi connectivity index (χ0) is 18.0. The number of sulfonamides is 1. The molecule has 0 N–H and O–H groups in total. The summed E-state index contributed by atoms with van der Waals surface area (Å²) in [7, 11) is -2.00. The Kier molecular flexibility index (Phi) is 4.92. The fraction of sp³-hybridized carbons (Fsp3) is 0.316. The fourth-order valence-electron chi connectivity index (χ4n) is 3.05. The van der Waals surface area contributed by atoms with E-state index in [1.54, 1.807) is 36.2 Å². The predicted octanol–water partition coefficient (Wildman–Crippen LogP) is 2.94. The quantitative estimate of drug-likeness (QED) is 0.826. The molecule has 0 aromatic heterocycles. The van der Waals surface area contributed by atoms with E-state index in [0.29, 0.717) is 19.5 Å². The molecule has 0 aliphatic carbocycles. The van der Waals surface area contributed by atoms with Crippen molar-refractivity contribution in [3.63, 3.8) is 0 Å². The average molecular weight is 358 g/mol. The van der Waals surface area contributed by atoms with Crippen LogP contribution in [0.5, 0.6) is 0 Å². The van der Waals surface area contributed by atoms with Gasteiger partial charge in [-0.15, -0.1) is 0 Å². The van der Waals surface area contributed by atoms with Crippen molar-refractivity contribution in [1.82, 2.24) is 4.31 Å². The Morgan fingerprint density at radius 1 is 1.12 bits per heavy atom. The Labute approximate surface area is 148 Å². The molecule has 25 heavy (non-hydrogen) atoms. The fourth-order valence-corrected chi connectivity index (χ4v) is 4.21. The van der Waals surface area contributed by atoms with Crippen LogP contribution in [0.2, 0.25) is 0 Å². The summed E-state index contributed by atoms with van der Waals surface area (Å²) in [4.78, 5) is 13.7. The van der Waals surface area contributed by atoms with E-state index >= 15 is 0 Å². The van der Waals surface area contributed by atoms with Crippen LogP contribution < -0.4 is 4.90 Å². The lowest BCUT2D eigenvalue weighted by atomic mass is 10.1. The Balaban J connectivity index is 1.78. The van der Waals surface area contributed by atoms with E-state index < -0.39 is 10.0 Å². The van der Waals surface area contributed by atoms with Crippen LogP contribution in [-0.2, 0) is 21.4 Å². The number of amides is 1. The van der Waals surface area contributed by atoms with Gasteiger partial charge in [0, 0.05) is 32.2 Å². The molecule has 2 aromatic rings. The smallest absolute Gasteiger partial charge is 0.243 e. The summed E-state index contributed by atoms with van der Waals surface area (Å²) in [6, 6.07) is 14.4. The summed E-state index contributed by atoms with van der Waals surface area (Å²) in [5, 5.41) is 0. The van der Waals surface area contributed by atoms with Gasteiger partial charge in [0.1, 0.15) is 0 Å². The molecule has 1 heterocycles. The number of benzene rings is 2. The number of anilines is 1. The number of nitrogens with zero attached hydrogens (tertiary/aromatic N) is 2. The van der Waals surface area contributed by atoms with Gasteiger partial charge in [0.15, 0.2) is 0 Å². The van der Waals surface area contributed by atoms with Crippen molar-refractivity contribution in [2.24, 2.45) is 0 Å². The van der Waals surface area contributed by atoms with Crippen molar-refractivity contribution in [3.8, 4) is 0 Å². The van der Waals surface area contributed by atoms with Crippen molar-refractivity contribution < 1.29 is 13.2 Å². The maximum Gasteiger partial charge on any atom is 0.243 e. The van der Waals surface area contributed by atoms with Crippen LogP contribution in [0.3, 0.4) is 0 Å². The third-order valence-corrected chi connectivity index (χ3v) is 6.24. The van der Waals surface area contributed by atoms with Gasteiger partial charge in [0.25, 0.3) is 0 Å². The molecule has 0 saturated carbocycles. The number of carbonyl (C=O) groups is 1. The summed E-state index contributed by atoms with van der Waals surface area (Å²) >= 11 is 0. The van der Waals surface area contributed by atoms with E-state index in [4.69, 9.17) is 0 Å². The molecule has 0 spiro atoms. The van der Waals surface area contributed by atoms with Gasteiger partial charge in [0.2, 0.25) is 15.9 Å². The second-order valence-electron chi connectivity index (χ2n) is 6.39. The van der Waals surface area contributed by atoms with Gasteiger partial charge in [-0.3, -0.25) is 4.79 Å². The Bertz CT molecular complexity index is 876. The molecule has 1 aliphatic rings. The molecule has 0 atom stereocenters. The molecular formula is C19H22N2O3S. The highest BCUT2D eigenvalue weighted by Gasteiger charge is 2.24. The zero-order valence-corrected chi connectivity index (χ0v) is 15.3. The van der Waals surface area contributed by atoms with Gasteiger partial charge in [0.05, 0.1) is 4.90 Å². The lowest BCUT2D eigenvalue weighted by Crippen LogP contribution is -2.27. The molecule has 0 radical (unpaired) electrons. The first-order chi connectivity index (χ1) is 11.9. The largest absolute Gasteiger partial charge is 0.312 e. The molecule has 6 heteroatoms. The van der Waals surface area contributed by atoms with E-state index in [9.17, 15) is 13.2 Å². The van der Waals surface area contributed by atoms with Crippen LogP contribution in [-0.4, -0.2) is 32.2 Å². The minimum Gasteiger partial charge on any atom is -0.312 e. The number of hydrogen-bond acceptors (Lipinski definition) is 3. The lowest BCUT2D eigenvalue weighted by molar-refractivity contribution is -0.117. The SMILES string of the molecule is Cc1cccc(CN(C)S(=O)(=O)c2ccc(N3CCCC3=O)cc2)c1. The number of carbonyl (C=O) groups excluding carboxylic acids is 1. The summed E-state index contributed by atoms with van der Waals surface area (Å²) in [6.07, 6.45) is 1.40. The first-order valence-electron chi connectivity index (χ1n) is 8.30. The summed E-state index contributed by atoms with van der Waals surface area (Å²) in [5.41, 5.74) is 2.80. The first-order valence-corrected chi connectivity index (χ1v) is 9.74. The van der Waals surface area contributed by atoms with Crippen LogP contribution in [0.25, 0.3) is 0 Å². The van der Waals surface area contributed by atoms with Crippen molar-refractivity contribution in [1.29, 1.82) is 0 Å². The number of aryl methyl sites for hydroxylation is 1. The van der Waals surface area contributed by atoms with Crippen LogP contribution in [0, 0.1) is 6.92 Å². The highest BCUT2D eigenvalue weighted by molar-refractivity contribution is 7.89. The maximum absolute atomic E-state index is 12.8. The topological polar surface area (TPSA) is 57.7 Å². The average Bonchev–Trinajstić information content (AvgIpc) is 3.01. The molecule has 5 nitrogen and oxygen atoms in total. The van der Waals surface area contributed by atoms with Crippen molar-refractivity contribution in [2.45, 2.75) is 31.2 Å². The highest BCUT2D eigenvalue weighted by atomic mass is 32.2. The van der Waals surface area contributed by atoms with Crippen LogP contribution in [0.15, 0.2) is 53.4 Å². The normalized spacial score (nSPS) is 15.2. The molecule has 1 fully saturated rings. The molecule has 1 amide bonds. The molecule has 2 aromatic carbocycles. The van der Waals surface area contributed by atoms with E-state index in [0.717, 1.165) is 23.2 Å². The monoisotopic (exact) mass is 358 g/mol. The van der Waals surface area contributed by atoms with Gasteiger partial charge in [-0.2, -0.15) is 4.31 Å². The minimum absolute atomic E-state index is 0.0900. The predicted molar refractivity (Wildman–Crippen MR) is 97.9 cm³/mol. The van der Waals surface area contributed by atoms with Gasteiger partial charge in [-0.25, -0.2) is 8.42 Å². The lowest BCUT2D eigenvalue weighted by Gasteiger charge is -2.19. The van der Waals surface area contributed by atoms with Crippen molar-refractivity contribution in [3.05, 3.63) is 59.7 Å². The van der Waals surface area contributed by atoms with Crippen LogP contribution >= 0.6 is 0 Å². The van der Waals surface area contributed by atoms with E-state index in [-0.39, 0.29) is 10.8 Å². The zero-order valence-electron chi connectivity index (χ0n) is 14.5. The molecule has 1 saturated heterocycles. The summed E-state index contributed by atoms with van der Waals surface area (Å²) in [6.45, 7) is 2.99. The Morgan fingerprint density at radius 3 is 2.44 bits per heavy atom. The van der Waals surface area contributed by atoms with E-state index in [1.807, 2.05) is 31.2 Å². The third kappa shape index (κ3) is 3.75. The minimum atomic E-state index is -3.57. The molecule has 0 bridgehead atoms. The molecule has 132 valence electrons. The van der Waals surface area contributed by atoms with E-state index in [2.05, 4.69) is 0 Å². The van der Waals surface area contributed by atoms with Gasteiger partial charge < -0.3 is 4.90 Å². The van der Waals surface area contributed by atoms with Crippen LogP contribution in [0.1, 0.15) is 24.0 Å². The first kappa shape index (κ1) is 17.6. The third-order valence-electron chi connectivity index (χ3n) is 4.42. The van der Waals surface area contributed by atoms with Gasteiger partial charge >= 0.3 is 0 Å². The second-order valence-corrected chi connectivity index (χ2v) is 8.44. The summed E-state index contributed by atoms with van der Waals surface area (Å²) < 4.78 is 26.9. The molecule has 3 rings (SSSR count). The Hall–Kier alpha value is -2.18. The highest BCUT2D eigenvalue weighted by Crippen LogP contribution is 2.24. The maximum atomic E-state index is 12.8. The van der Waals surface area contributed by atoms with Crippen LogP contribution in [0.4, 0.5) is 5.69 Å². The van der Waals surface area contributed by atoms with Crippen molar-refractivity contribution >= 4 is 21.6 Å². The van der Waals surface area contributed by atoms with Gasteiger partial charge in [-0.05, 0) is 43.2 Å². The van der Waals surface area contributed by atoms with E-state index in [1.165, 1.54) is 4.31 Å². The second kappa shape index (κ2) is 6.98. The van der Waals surface area contributed by atoms with Crippen molar-refractivity contribution in [2.75, 3.05) is 18.5 Å². The standard InChI is InChI=1S/C19H22N2O3S/c1-15-5-3-6-16(13-15)14-20(2)25(23,24)18-10-8-17(9-11-18)21-12-4-7-19(21)22/h3,5-6,8-11,13H,4,7,12,14H2,1-2H3. The summed E-state index contributed by atoms with van der Waals surface area (Å²) in [5.74, 6) is 0.0900. The molecule has 0 unspecified atom stereocenters.